The molecule has 0 saturated carbocycles. The van der Waals surface area contributed by atoms with Crippen LogP contribution in [0.3, 0.4) is 0 Å². The summed E-state index contributed by atoms with van der Waals surface area (Å²) in [5.41, 5.74) is 4.98. The predicted octanol–water partition coefficient (Wildman–Crippen LogP) is 2.35. The number of nitrogen functional groups attached to an aromatic ring is 1. The van der Waals surface area contributed by atoms with Crippen LogP contribution in [0.4, 0.5) is 30.5 Å². The maximum absolute atomic E-state index is 12.5. The third kappa shape index (κ3) is 4.27. The molecule has 0 aliphatic carbocycles. The Hall–Kier alpha value is -2.06. The molecule has 1 aromatic heterocycles. The molecule has 1 rings (SSSR count). The van der Waals surface area contributed by atoms with Crippen LogP contribution < -0.4 is 10.6 Å². The van der Waals surface area contributed by atoms with Gasteiger partial charge in [0, 0.05) is 6.04 Å². The highest BCUT2D eigenvalue weighted by Crippen LogP contribution is 2.26. The zero-order chi connectivity index (χ0) is 14.8. The van der Waals surface area contributed by atoms with Crippen molar-refractivity contribution in [1.82, 2.24) is 4.98 Å². The summed E-state index contributed by atoms with van der Waals surface area (Å²) in [5, 5.41) is 10.7. The topological polar surface area (TPSA) is 85.3 Å². The molecule has 0 amide bonds. The molecule has 9 heteroatoms. The maximum atomic E-state index is 12.5. The Labute approximate surface area is 107 Å². The van der Waals surface area contributed by atoms with Crippen LogP contribution in [-0.4, -0.2) is 28.7 Å². The third-order valence-electron chi connectivity index (χ3n) is 2.29. The molecule has 0 spiro atoms. The zero-order valence-corrected chi connectivity index (χ0v) is 10.3. The van der Waals surface area contributed by atoms with Gasteiger partial charge in [0.25, 0.3) is 5.69 Å². The van der Waals surface area contributed by atoms with Crippen molar-refractivity contribution < 1.29 is 18.1 Å². The Morgan fingerprint density at radius 3 is 2.47 bits per heavy atom. The summed E-state index contributed by atoms with van der Waals surface area (Å²) < 4.78 is 37.4. The number of hydrogen-bond acceptors (Lipinski definition) is 5. The van der Waals surface area contributed by atoms with Crippen LogP contribution >= 0.6 is 0 Å². The van der Waals surface area contributed by atoms with Gasteiger partial charge in [0.1, 0.15) is 18.2 Å². The first-order valence-corrected chi connectivity index (χ1v) is 5.35. The van der Waals surface area contributed by atoms with Crippen LogP contribution in [0.25, 0.3) is 0 Å². The van der Waals surface area contributed by atoms with Gasteiger partial charge in [-0.2, -0.15) is 13.2 Å². The molecule has 6 nitrogen and oxygen atoms in total. The van der Waals surface area contributed by atoms with Gasteiger partial charge in [0.05, 0.1) is 17.1 Å². The fraction of sp³-hybridized carbons (Fsp3) is 0.500. The van der Waals surface area contributed by atoms with Gasteiger partial charge in [-0.1, -0.05) is 0 Å². The molecular formula is C10H13F3N4O2. The van der Waals surface area contributed by atoms with E-state index in [1.54, 1.807) is 0 Å². The molecule has 1 aromatic rings. The van der Waals surface area contributed by atoms with Crippen molar-refractivity contribution in [2.24, 2.45) is 0 Å². The second-order valence-corrected chi connectivity index (χ2v) is 4.20. The lowest BCUT2D eigenvalue weighted by atomic mass is 10.2. The van der Waals surface area contributed by atoms with Crippen molar-refractivity contribution in [2.45, 2.75) is 26.1 Å². The van der Waals surface area contributed by atoms with E-state index in [2.05, 4.69) is 4.98 Å². The van der Waals surface area contributed by atoms with Crippen molar-refractivity contribution in [3.8, 4) is 0 Å². The molecule has 0 aliphatic rings. The minimum Gasteiger partial charge on any atom is -0.383 e. The first-order chi connectivity index (χ1) is 8.60. The lowest BCUT2D eigenvalue weighted by Crippen LogP contribution is -2.39. The lowest BCUT2D eigenvalue weighted by Gasteiger charge is -2.28. The van der Waals surface area contributed by atoms with Gasteiger partial charge in [0.2, 0.25) is 0 Å². The van der Waals surface area contributed by atoms with Crippen molar-refractivity contribution in [2.75, 3.05) is 17.2 Å². The maximum Gasteiger partial charge on any atom is 0.405 e. The van der Waals surface area contributed by atoms with Gasteiger partial charge in [-0.15, -0.1) is 0 Å². The first-order valence-electron chi connectivity index (χ1n) is 5.35. The minimum atomic E-state index is -4.44. The number of anilines is 2. The van der Waals surface area contributed by atoms with E-state index in [-0.39, 0.29) is 11.6 Å². The second kappa shape index (κ2) is 5.29. The van der Waals surface area contributed by atoms with E-state index in [1.165, 1.54) is 13.8 Å². The fourth-order valence-corrected chi connectivity index (χ4v) is 1.50. The van der Waals surface area contributed by atoms with E-state index in [4.69, 9.17) is 5.73 Å². The molecule has 0 aliphatic heterocycles. The Kier molecular flexibility index (Phi) is 4.17. The quantitative estimate of drug-likeness (QED) is 0.675. The van der Waals surface area contributed by atoms with Crippen LogP contribution in [0.15, 0.2) is 12.1 Å². The summed E-state index contributed by atoms with van der Waals surface area (Å²) in [6.45, 7) is 1.81. The van der Waals surface area contributed by atoms with Crippen molar-refractivity contribution in [3.63, 3.8) is 0 Å². The average molecular weight is 278 g/mol. The van der Waals surface area contributed by atoms with Crippen molar-refractivity contribution in [1.29, 1.82) is 0 Å². The summed E-state index contributed by atoms with van der Waals surface area (Å²) in [7, 11) is 0. The van der Waals surface area contributed by atoms with Gasteiger partial charge in [-0.05, 0) is 13.8 Å². The van der Waals surface area contributed by atoms with E-state index in [0.717, 1.165) is 17.0 Å². The number of pyridine rings is 1. The number of alkyl halides is 3. The van der Waals surface area contributed by atoms with Gasteiger partial charge >= 0.3 is 6.18 Å². The molecule has 0 radical (unpaired) electrons. The number of rotatable bonds is 4. The van der Waals surface area contributed by atoms with E-state index in [9.17, 15) is 23.3 Å². The SMILES string of the molecule is CC(C)N(CC(F)(F)F)c1cc([N+](=O)[O-])cc(N)n1. The standard InChI is InChI=1S/C10H13F3N4O2/c1-6(2)16(5-10(11,12)13)9-4-7(17(18)19)3-8(14)15-9/h3-4,6H,5H2,1-2H3,(H2,14,15). The lowest BCUT2D eigenvalue weighted by molar-refractivity contribution is -0.384. The summed E-state index contributed by atoms with van der Waals surface area (Å²) in [4.78, 5) is 14.6. The van der Waals surface area contributed by atoms with E-state index >= 15 is 0 Å². The highest BCUT2D eigenvalue weighted by Gasteiger charge is 2.33. The van der Waals surface area contributed by atoms with E-state index in [1.807, 2.05) is 0 Å². The Bertz CT molecular complexity index is 476. The molecule has 0 aromatic carbocycles. The second-order valence-electron chi connectivity index (χ2n) is 4.20. The Balaban J connectivity index is 3.19. The van der Waals surface area contributed by atoms with Crippen LogP contribution in [0.2, 0.25) is 0 Å². The van der Waals surface area contributed by atoms with Crippen molar-refractivity contribution >= 4 is 17.3 Å². The number of nitro groups is 1. The number of halogens is 3. The number of hydrogen-bond donors (Lipinski definition) is 1. The molecule has 19 heavy (non-hydrogen) atoms. The van der Waals surface area contributed by atoms with Crippen molar-refractivity contribution in [3.05, 3.63) is 22.2 Å². The van der Waals surface area contributed by atoms with Crippen LogP contribution in [0, 0.1) is 10.1 Å². The van der Waals surface area contributed by atoms with E-state index < -0.39 is 29.4 Å². The highest BCUT2D eigenvalue weighted by atomic mass is 19.4. The van der Waals surface area contributed by atoms with Gasteiger partial charge in [-0.25, -0.2) is 4.98 Å². The number of nitrogens with zero attached hydrogens (tertiary/aromatic N) is 3. The van der Waals surface area contributed by atoms with Gasteiger partial charge in [0.15, 0.2) is 0 Å². The van der Waals surface area contributed by atoms with Crippen LogP contribution in [0.1, 0.15) is 13.8 Å². The summed E-state index contributed by atoms with van der Waals surface area (Å²) in [6.07, 6.45) is -4.44. The number of aromatic nitrogens is 1. The van der Waals surface area contributed by atoms with Gasteiger partial charge in [-0.3, -0.25) is 10.1 Å². The molecule has 0 bridgehead atoms. The molecule has 0 saturated heterocycles. The molecule has 0 atom stereocenters. The largest absolute Gasteiger partial charge is 0.405 e. The molecule has 0 unspecified atom stereocenters. The minimum absolute atomic E-state index is 0.168. The Morgan fingerprint density at radius 1 is 1.47 bits per heavy atom. The monoisotopic (exact) mass is 278 g/mol. The summed E-state index contributed by atoms with van der Waals surface area (Å²) >= 11 is 0. The molecule has 1 heterocycles. The number of nitrogens with two attached hydrogens (primary N) is 1. The fourth-order valence-electron chi connectivity index (χ4n) is 1.50. The van der Waals surface area contributed by atoms with Gasteiger partial charge < -0.3 is 10.6 Å². The predicted molar refractivity (Wildman–Crippen MR) is 63.8 cm³/mol. The zero-order valence-electron chi connectivity index (χ0n) is 10.3. The van der Waals surface area contributed by atoms with Crippen LogP contribution in [-0.2, 0) is 0 Å². The average Bonchev–Trinajstić information content (AvgIpc) is 2.23. The smallest absolute Gasteiger partial charge is 0.383 e. The molecule has 0 fully saturated rings. The van der Waals surface area contributed by atoms with E-state index in [0.29, 0.717) is 0 Å². The molecule has 2 N–H and O–H groups in total. The summed E-state index contributed by atoms with van der Waals surface area (Å²) in [6, 6.07) is 1.44. The summed E-state index contributed by atoms with van der Waals surface area (Å²) in [5.74, 6) is -0.365. The highest BCUT2D eigenvalue weighted by molar-refractivity contribution is 5.54. The van der Waals surface area contributed by atoms with Crippen LogP contribution in [0.5, 0.6) is 0 Å². The third-order valence-corrected chi connectivity index (χ3v) is 2.29. The molecule has 106 valence electrons. The first kappa shape index (κ1) is 15.0. The molecular weight excluding hydrogens is 265 g/mol. The normalized spacial score (nSPS) is 11.7. The Morgan fingerprint density at radius 2 is 2.05 bits per heavy atom.